The number of rotatable bonds is 4. The van der Waals surface area contributed by atoms with Crippen LogP contribution in [0.25, 0.3) is 0 Å². The Morgan fingerprint density at radius 3 is 2.31 bits per heavy atom. The van der Waals surface area contributed by atoms with E-state index >= 15 is 0 Å². The van der Waals surface area contributed by atoms with Crippen LogP contribution in [-0.2, 0) is 0 Å². The number of hydrogen-bond acceptors (Lipinski definition) is 0. The van der Waals surface area contributed by atoms with Gasteiger partial charge in [-0.3, -0.25) is 0 Å². The Morgan fingerprint density at radius 2 is 2.00 bits per heavy atom. The fourth-order valence-corrected chi connectivity index (χ4v) is 1.77. The third-order valence-electron chi connectivity index (χ3n) is 2.76. The first kappa shape index (κ1) is 10.0. The minimum absolute atomic E-state index is 0.278. The molecule has 1 fully saturated rings. The van der Waals surface area contributed by atoms with Gasteiger partial charge >= 0.3 is 0 Å². The summed E-state index contributed by atoms with van der Waals surface area (Å²) in [5.41, 5.74) is 2.91. The zero-order chi connectivity index (χ0) is 9.90. The largest absolute Gasteiger partial charge is 0.0992 e. The van der Waals surface area contributed by atoms with Crippen LogP contribution in [0.1, 0.15) is 26.7 Å². The summed E-state index contributed by atoms with van der Waals surface area (Å²) in [6.45, 7) is 12.0. The third kappa shape index (κ3) is 1.82. The van der Waals surface area contributed by atoms with E-state index in [0.717, 1.165) is 0 Å². The molecule has 1 saturated carbocycles. The molecule has 0 aromatic carbocycles. The molecule has 0 atom stereocenters. The molecule has 13 heavy (non-hydrogen) atoms. The van der Waals surface area contributed by atoms with E-state index in [2.05, 4.69) is 38.3 Å². The molecule has 1 aliphatic rings. The summed E-state index contributed by atoms with van der Waals surface area (Å²) in [4.78, 5) is 0. The van der Waals surface area contributed by atoms with Gasteiger partial charge in [-0.05, 0) is 32.3 Å². The van der Waals surface area contributed by atoms with Crippen LogP contribution < -0.4 is 0 Å². The molecule has 0 unspecified atom stereocenters. The molecule has 0 N–H and O–H groups in total. The van der Waals surface area contributed by atoms with Gasteiger partial charge in [-0.25, -0.2) is 0 Å². The highest BCUT2D eigenvalue weighted by Gasteiger charge is 2.45. The third-order valence-corrected chi connectivity index (χ3v) is 2.76. The molecule has 0 nitrogen and oxygen atoms in total. The van der Waals surface area contributed by atoms with Crippen molar-refractivity contribution < 1.29 is 0 Å². The average molecular weight is 174 g/mol. The molecule has 0 saturated heterocycles. The predicted octanol–water partition coefficient (Wildman–Crippen LogP) is 4.03. The second kappa shape index (κ2) is 3.78. The highest BCUT2D eigenvalue weighted by molar-refractivity contribution is 5.41. The van der Waals surface area contributed by atoms with E-state index in [1.807, 2.05) is 13.0 Å². The van der Waals surface area contributed by atoms with E-state index in [-0.39, 0.29) is 5.41 Å². The minimum Gasteiger partial charge on any atom is -0.0992 e. The average Bonchev–Trinajstić information content (AvgIpc) is 2.84. The standard InChI is InChI=1S/C13H18/c1-5-7-12(8-6-2)13(9-10-13)11(3)4/h5-8H,1,3,9-10H2,2,4H3/b8-6-,12-7+. The van der Waals surface area contributed by atoms with Crippen LogP contribution in [0.3, 0.4) is 0 Å². The maximum atomic E-state index is 4.07. The van der Waals surface area contributed by atoms with Gasteiger partial charge in [0.1, 0.15) is 0 Å². The molecule has 0 aromatic heterocycles. The zero-order valence-corrected chi connectivity index (χ0v) is 8.64. The summed E-state index contributed by atoms with van der Waals surface area (Å²) in [6, 6.07) is 0. The van der Waals surface area contributed by atoms with E-state index in [9.17, 15) is 0 Å². The summed E-state index contributed by atoms with van der Waals surface area (Å²) in [5, 5.41) is 0. The van der Waals surface area contributed by atoms with Crippen LogP contribution in [0, 0.1) is 5.41 Å². The molecule has 0 bridgehead atoms. The van der Waals surface area contributed by atoms with Crippen molar-refractivity contribution in [2.75, 3.05) is 0 Å². The Labute approximate surface area is 81.4 Å². The predicted molar refractivity (Wildman–Crippen MR) is 59.6 cm³/mol. The lowest BCUT2D eigenvalue weighted by Crippen LogP contribution is -2.03. The Kier molecular flexibility index (Phi) is 2.92. The van der Waals surface area contributed by atoms with Gasteiger partial charge in [-0.1, -0.05) is 43.0 Å². The molecule has 0 radical (unpaired) electrons. The summed E-state index contributed by atoms with van der Waals surface area (Å²) >= 11 is 0. The summed E-state index contributed by atoms with van der Waals surface area (Å²) in [7, 11) is 0. The summed E-state index contributed by atoms with van der Waals surface area (Å²) in [5.74, 6) is 0. The van der Waals surface area contributed by atoms with Crippen LogP contribution >= 0.6 is 0 Å². The number of hydrogen-bond donors (Lipinski definition) is 0. The Balaban J connectivity index is 2.94. The first-order valence-electron chi connectivity index (χ1n) is 4.79. The topological polar surface area (TPSA) is 0 Å². The quantitative estimate of drug-likeness (QED) is 0.446. The maximum Gasteiger partial charge on any atom is 0.0157 e. The molecule has 0 heterocycles. The van der Waals surface area contributed by atoms with Crippen LogP contribution in [0.4, 0.5) is 0 Å². The first-order chi connectivity index (χ1) is 6.17. The van der Waals surface area contributed by atoms with Crippen LogP contribution in [0.2, 0.25) is 0 Å². The van der Waals surface area contributed by atoms with Crippen LogP contribution in [-0.4, -0.2) is 0 Å². The lowest BCUT2D eigenvalue weighted by molar-refractivity contribution is 0.749. The van der Waals surface area contributed by atoms with E-state index in [0.29, 0.717) is 0 Å². The minimum atomic E-state index is 0.278. The Morgan fingerprint density at radius 1 is 1.38 bits per heavy atom. The lowest BCUT2D eigenvalue weighted by Gasteiger charge is -2.16. The lowest BCUT2D eigenvalue weighted by atomic mass is 9.88. The number of allylic oxidation sites excluding steroid dienone is 6. The van der Waals surface area contributed by atoms with Gasteiger partial charge in [0.25, 0.3) is 0 Å². The first-order valence-corrected chi connectivity index (χ1v) is 4.79. The molecule has 0 amide bonds. The van der Waals surface area contributed by atoms with Crippen molar-refractivity contribution in [2.45, 2.75) is 26.7 Å². The van der Waals surface area contributed by atoms with E-state index in [1.165, 1.54) is 24.0 Å². The SMILES string of the molecule is C=C/C=C(\C=C/C)C1(C(=C)C)CC1. The van der Waals surface area contributed by atoms with Gasteiger partial charge in [-0.15, -0.1) is 0 Å². The normalized spacial score (nSPS) is 20.3. The van der Waals surface area contributed by atoms with Crippen molar-refractivity contribution in [3.63, 3.8) is 0 Å². The van der Waals surface area contributed by atoms with Gasteiger partial charge in [-0.2, -0.15) is 0 Å². The Hall–Kier alpha value is -1.04. The molecule has 0 aliphatic heterocycles. The van der Waals surface area contributed by atoms with Crippen molar-refractivity contribution >= 4 is 0 Å². The van der Waals surface area contributed by atoms with E-state index in [4.69, 9.17) is 0 Å². The van der Waals surface area contributed by atoms with Crippen LogP contribution in [0.5, 0.6) is 0 Å². The molecule has 1 rings (SSSR count). The van der Waals surface area contributed by atoms with Gasteiger partial charge < -0.3 is 0 Å². The highest BCUT2D eigenvalue weighted by atomic mass is 14.5. The fourth-order valence-electron chi connectivity index (χ4n) is 1.77. The van der Waals surface area contributed by atoms with E-state index in [1.54, 1.807) is 0 Å². The second-order valence-electron chi connectivity index (χ2n) is 3.72. The second-order valence-corrected chi connectivity index (χ2v) is 3.72. The fraction of sp³-hybridized carbons (Fsp3) is 0.385. The molecule has 1 aliphatic carbocycles. The van der Waals surface area contributed by atoms with Gasteiger partial charge in [0.05, 0.1) is 0 Å². The smallest absolute Gasteiger partial charge is 0.0157 e. The van der Waals surface area contributed by atoms with Crippen molar-refractivity contribution in [3.05, 3.63) is 48.6 Å². The molecule has 0 heteroatoms. The highest BCUT2D eigenvalue weighted by Crippen LogP contribution is 2.57. The zero-order valence-electron chi connectivity index (χ0n) is 8.64. The monoisotopic (exact) mass is 174 g/mol. The van der Waals surface area contributed by atoms with Gasteiger partial charge in [0.15, 0.2) is 0 Å². The molecule has 70 valence electrons. The maximum absolute atomic E-state index is 4.07. The molecular weight excluding hydrogens is 156 g/mol. The van der Waals surface area contributed by atoms with Crippen molar-refractivity contribution in [2.24, 2.45) is 5.41 Å². The van der Waals surface area contributed by atoms with Crippen molar-refractivity contribution in [1.82, 2.24) is 0 Å². The van der Waals surface area contributed by atoms with E-state index < -0.39 is 0 Å². The van der Waals surface area contributed by atoms with Gasteiger partial charge in [0, 0.05) is 5.41 Å². The van der Waals surface area contributed by atoms with Crippen molar-refractivity contribution in [3.8, 4) is 0 Å². The molecular formula is C13H18. The Bertz CT molecular complexity index is 272. The van der Waals surface area contributed by atoms with Crippen LogP contribution in [0.15, 0.2) is 48.6 Å². The molecule has 0 aromatic rings. The molecule has 0 spiro atoms. The summed E-state index contributed by atoms with van der Waals surface area (Å²) in [6.07, 6.45) is 10.7. The van der Waals surface area contributed by atoms with Gasteiger partial charge in [0.2, 0.25) is 0 Å². The summed E-state index contributed by atoms with van der Waals surface area (Å²) < 4.78 is 0. The van der Waals surface area contributed by atoms with Crippen molar-refractivity contribution in [1.29, 1.82) is 0 Å².